The molecule has 0 atom stereocenters. The third-order valence-corrected chi connectivity index (χ3v) is 2.60. The van der Waals surface area contributed by atoms with E-state index in [1.165, 1.54) is 0 Å². The molecule has 1 aromatic carbocycles. The SMILES string of the molecule is Cn1c(N)nnc1/C=C/c1ccccc1Cl. The molecule has 82 valence electrons. The van der Waals surface area contributed by atoms with Gasteiger partial charge in [0, 0.05) is 12.1 Å². The van der Waals surface area contributed by atoms with Gasteiger partial charge in [-0.15, -0.1) is 10.2 Å². The van der Waals surface area contributed by atoms with E-state index >= 15 is 0 Å². The summed E-state index contributed by atoms with van der Waals surface area (Å²) in [5, 5.41) is 8.38. The van der Waals surface area contributed by atoms with Crippen LogP contribution in [-0.4, -0.2) is 14.8 Å². The fraction of sp³-hybridized carbons (Fsp3) is 0.0909. The number of aromatic nitrogens is 3. The zero-order chi connectivity index (χ0) is 11.5. The van der Waals surface area contributed by atoms with Crippen molar-refractivity contribution in [3.05, 3.63) is 40.7 Å². The van der Waals surface area contributed by atoms with E-state index in [4.69, 9.17) is 17.3 Å². The lowest BCUT2D eigenvalue weighted by atomic mass is 10.2. The average molecular weight is 235 g/mol. The largest absolute Gasteiger partial charge is 0.368 e. The number of nitrogen functional groups attached to an aromatic ring is 1. The number of hydrogen-bond donors (Lipinski definition) is 1. The second-order valence-electron chi connectivity index (χ2n) is 3.33. The van der Waals surface area contributed by atoms with Gasteiger partial charge in [-0.2, -0.15) is 0 Å². The molecule has 0 radical (unpaired) electrons. The summed E-state index contributed by atoms with van der Waals surface area (Å²) in [5.41, 5.74) is 6.50. The van der Waals surface area contributed by atoms with Crippen molar-refractivity contribution >= 4 is 29.7 Å². The van der Waals surface area contributed by atoms with Crippen molar-refractivity contribution in [3.8, 4) is 0 Å². The van der Waals surface area contributed by atoms with Gasteiger partial charge < -0.3 is 5.73 Å². The minimum absolute atomic E-state index is 0.388. The molecule has 0 aliphatic carbocycles. The maximum atomic E-state index is 6.02. The Morgan fingerprint density at radius 3 is 2.62 bits per heavy atom. The lowest BCUT2D eigenvalue weighted by Gasteiger charge is -1.97. The van der Waals surface area contributed by atoms with Crippen molar-refractivity contribution < 1.29 is 0 Å². The van der Waals surface area contributed by atoms with Crippen LogP contribution in [0.1, 0.15) is 11.4 Å². The minimum atomic E-state index is 0.388. The molecule has 2 N–H and O–H groups in total. The summed E-state index contributed by atoms with van der Waals surface area (Å²) in [6.07, 6.45) is 3.70. The summed E-state index contributed by atoms with van der Waals surface area (Å²) in [7, 11) is 1.81. The highest BCUT2D eigenvalue weighted by Crippen LogP contribution is 2.17. The molecule has 2 aromatic rings. The second-order valence-corrected chi connectivity index (χ2v) is 3.74. The summed E-state index contributed by atoms with van der Waals surface area (Å²) < 4.78 is 1.70. The van der Waals surface area contributed by atoms with Crippen LogP contribution in [0.5, 0.6) is 0 Å². The molecule has 5 heteroatoms. The molecule has 0 unspecified atom stereocenters. The van der Waals surface area contributed by atoms with Crippen LogP contribution in [0.25, 0.3) is 12.2 Å². The van der Waals surface area contributed by atoms with Crippen LogP contribution < -0.4 is 5.73 Å². The molecular weight excluding hydrogens is 224 g/mol. The lowest BCUT2D eigenvalue weighted by molar-refractivity contribution is 0.909. The van der Waals surface area contributed by atoms with Crippen molar-refractivity contribution in [2.75, 3.05) is 5.73 Å². The number of rotatable bonds is 2. The van der Waals surface area contributed by atoms with E-state index in [2.05, 4.69) is 10.2 Å². The molecule has 1 aromatic heterocycles. The lowest BCUT2D eigenvalue weighted by Crippen LogP contribution is -1.98. The topological polar surface area (TPSA) is 56.7 Å². The monoisotopic (exact) mass is 234 g/mol. The van der Waals surface area contributed by atoms with E-state index in [1.54, 1.807) is 4.57 Å². The van der Waals surface area contributed by atoms with Crippen LogP contribution in [0, 0.1) is 0 Å². The van der Waals surface area contributed by atoms with Gasteiger partial charge in [-0.05, 0) is 23.8 Å². The number of anilines is 1. The smallest absolute Gasteiger partial charge is 0.221 e. The van der Waals surface area contributed by atoms with Crippen LogP contribution in [-0.2, 0) is 7.05 Å². The van der Waals surface area contributed by atoms with Crippen molar-refractivity contribution in [1.29, 1.82) is 0 Å². The van der Waals surface area contributed by atoms with Crippen molar-refractivity contribution in [1.82, 2.24) is 14.8 Å². The molecule has 1 heterocycles. The molecule has 0 aliphatic heterocycles. The van der Waals surface area contributed by atoms with E-state index < -0.39 is 0 Å². The first-order valence-electron chi connectivity index (χ1n) is 4.76. The molecular formula is C11H11ClN4. The first-order chi connectivity index (χ1) is 7.68. The van der Waals surface area contributed by atoms with Crippen LogP contribution in [0.3, 0.4) is 0 Å². The van der Waals surface area contributed by atoms with Crippen molar-refractivity contribution in [2.45, 2.75) is 0 Å². The van der Waals surface area contributed by atoms with Gasteiger partial charge in [0.2, 0.25) is 5.95 Å². The number of hydrogen-bond acceptors (Lipinski definition) is 3. The first-order valence-corrected chi connectivity index (χ1v) is 5.14. The van der Waals surface area contributed by atoms with Gasteiger partial charge >= 0.3 is 0 Å². The summed E-state index contributed by atoms with van der Waals surface area (Å²) in [5.74, 6) is 1.08. The van der Waals surface area contributed by atoms with E-state index in [0.717, 1.165) is 5.56 Å². The summed E-state index contributed by atoms with van der Waals surface area (Å²) in [6, 6.07) is 7.58. The van der Waals surface area contributed by atoms with Gasteiger partial charge in [0.15, 0.2) is 5.82 Å². The maximum absolute atomic E-state index is 6.02. The Bertz CT molecular complexity index is 531. The van der Waals surface area contributed by atoms with Crippen molar-refractivity contribution in [3.63, 3.8) is 0 Å². The highest BCUT2D eigenvalue weighted by molar-refractivity contribution is 6.32. The highest BCUT2D eigenvalue weighted by atomic mass is 35.5. The molecule has 0 amide bonds. The van der Waals surface area contributed by atoms with Gasteiger partial charge in [0.05, 0.1) is 0 Å². The quantitative estimate of drug-likeness (QED) is 0.867. The van der Waals surface area contributed by atoms with Gasteiger partial charge in [-0.25, -0.2) is 0 Å². The van der Waals surface area contributed by atoms with Gasteiger partial charge in [-0.3, -0.25) is 4.57 Å². The third-order valence-electron chi connectivity index (χ3n) is 2.26. The molecule has 4 nitrogen and oxygen atoms in total. The third kappa shape index (κ3) is 2.06. The maximum Gasteiger partial charge on any atom is 0.221 e. The van der Waals surface area contributed by atoms with Gasteiger partial charge in [0.25, 0.3) is 0 Å². The zero-order valence-corrected chi connectivity index (χ0v) is 9.52. The standard InChI is InChI=1S/C11H11ClN4/c1-16-10(14-15-11(16)13)7-6-8-4-2-3-5-9(8)12/h2-7H,1H3,(H2,13,15)/b7-6+. The van der Waals surface area contributed by atoms with E-state index in [-0.39, 0.29) is 0 Å². The second kappa shape index (κ2) is 4.37. The van der Waals surface area contributed by atoms with E-state index in [0.29, 0.717) is 16.8 Å². The number of nitrogens with two attached hydrogens (primary N) is 1. The zero-order valence-electron chi connectivity index (χ0n) is 8.76. The summed E-state index contributed by atoms with van der Waals surface area (Å²) in [4.78, 5) is 0. The Hall–Kier alpha value is -1.81. The fourth-order valence-corrected chi connectivity index (χ4v) is 1.47. The van der Waals surface area contributed by atoms with Crippen molar-refractivity contribution in [2.24, 2.45) is 7.05 Å². The van der Waals surface area contributed by atoms with Crippen LogP contribution >= 0.6 is 11.6 Å². The van der Waals surface area contributed by atoms with Gasteiger partial charge in [-0.1, -0.05) is 29.8 Å². The highest BCUT2D eigenvalue weighted by Gasteiger charge is 2.01. The Morgan fingerprint density at radius 2 is 2.00 bits per heavy atom. The predicted octanol–water partition coefficient (Wildman–Crippen LogP) is 2.22. The molecule has 2 rings (SSSR count). The van der Waals surface area contributed by atoms with Crippen LogP contribution in [0.2, 0.25) is 5.02 Å². The normalized spacial score (nSPS) is 11.1. The first kappa shape index (κ1) is 10.7. The average Bonchev–Trinajstić information content (AvgIpc) is 2.59. The Balaban J connectivity index is 2.28. The minimum Gasteiger partial charge on any atom is -0.368 e. The molecule has 0 saturated heterocycles. The van der Waals surface area contributed by atoms with E-state index in [1.807, 2.05) is 43.5 Å². The predicted molar refractivity (Wildman–Crippen MR) is 65.8 cm³/mol. The summed E-state index contributed by atoms with van der Waals surface area (Å²) in [6.45, 7) is 0. The summed E-state index contributed by atoms with van der Waals surface area (Å²) >= 11 is 6.02. The molecule has 16 heavy (non-hydrogen) atoms. The van der Waals surface area contributed by atoms with Gasteiger partial charge in [0.1, 0.15) is 0 Å². The Kier molecular flexibility index (Phi) is 2.92. The molecule has 0 fully saturated rings. The van der Waals surface area contributed by atoms with Crippen LogP contribution in [0.15, 0.2) is 24.3 Å². The molecule has 0 spiro atoms. The van der Waals surface area contributed by atoms with E-state index in [9.17, 15) is 0 Å². The molecule has 0 aliphatic rings. The molecule has 0 bridgehead atoms. The number of benzene rings is 1. The fourth-order valence-electron chi connectivity index (χ4n) is 1.27. The Labute approximate surface area is 98.4 Å². The number of nitrogens with zero attached hydrogens (tertiary/aromatic N) is 3. The molecule has 0 saturated carbocycles. The van der Waals surface area contributed by atoms with Crippen LogP contribution in [0.4, 0.5) is 5.95 Å². The number of halogens is 1. The Morgan fingerprint density at radius 1 is 1.25 bits per heavy atom.